The van der Waals surface area contributed by atoms with Crippen molar-refractivity contribution in [2.45, 2.75) is 0 Å². The van der Waals surface area contributed by atoms with Gasteiger partial charge in [-0.05, 0) is 30.3 Å². The van der Waals surface area contributed by atoms with E-state index < -0.39 is 24.5 Å². The van der Waals surface area contributed by atoms with Crippen LogP contribution in [0.3, 0.4) is 0 Å². The minimum atomic E-state index is -0.842. The molecule has 1 aromatic carbocycles. The van der Waals surface area contributed by atoms with Gasteiger partial charge in [0, 0.05) is 17.6 Å². The van der Waals surface area contributed by atoms with Gasteiger partial charge in [0.15, 0.2) is 18.1 Å². The predicted octanol–water partition coefficient (Wildman–Crippen LogP) is 2.95. The number of carbonyl (C=O) groups excluding carboxylic acids is 3. The van der Waals surface area contributed by atoms with Crippen LogP contribution < -0.4 is 10.6 Å². The Bertz CT molecular complexity index is 1070. The van der Waals surface area contributed by atoms with Crippen LogP contribution in [0.5, 0.6) is 0 Å². The zero-order valence-electron chi connectivity index (χ0n) is 15.6. The number of benzene rings is 1. The average Bonchev–Trinajstić information content (AvgIpc) is 3.40. The van der Waals surface area contributed by atoms with Gasteiger partial charge in [-0.15, -0.1) is 6.58 Å². The summed E-state index contributed by atoms with van der Waals surface area (Å²) in [4.78, 5) is 35.6. The first-order chi connectivity index (χ1) is 14.5. The highest BCUT2D eigenvalue weighted by atomic mass is 35.5. The number of hydrogen-bond donors (Lipinski definition) is 2. The molecule has 2 N–H and O–H groups in total. The van der Waals surface area contributed by atoms with Gasteiger partial charge in [-0.3, -0.25) is 10.1 Å². The summed E-state index contributed by atoms with van der Waals surface area (Å²) in [5.41, 5.74) is 1.04. The summed E-state index contributed by atoms with van der Waals surface area (Å²) < 4.78 is 11.9. The molecule has 3 rings (SSSR count). The lowest BCUT2D eigenvalue weighted by Gasteiger charge is -2.06. The van der Waals surface area contributed by atoms with Crippen molar-refractivity contribution in [3.63, 3.8) is 0 Å². The molecule has 0 bridgehead atoms. The summed E-state index contributed by atoms with van der Waals surface area (Å²) in [6.45, 7) is 2.98. The molecule has 9 nitrogen and oxygen atoms in total. The highest BCUT2D eigenvalue weighted by Crippen LogP contribution is 2.26. The lowest BCUT2D eigenvalue weighted by atomic mass is 10.2. The summed E-state index contributed by atoms with van der Waals surface area (Å²) in [5.74, 6) is -1.16. The van der Waals surface area contributed by atoms with Gasteiger partial charge < -0.3 is 14.5 Å². The van der Waals surface area contributed by atoms with E-state index in [1.807, 2.05) is 5.32 Å². The van der Waals surface area contributed by atoms with Crippen molar-refractivity contribution in [1.82, 2.24) is 20.4 Å². The van der Waals surface area contributed by atoms with Gasteiger partial charge in [0.05, 0.1) is 12.0 Å². The average molecular weight is 429 g/mol. The highest BCUT2D eigenvalue weighted by Gasteiger charge is 2.20. The molecular formula is C20H17ClN4O5. The van der Waals surface area contributed by atoms with E-state index in [2.05, 4.69) is 17.0 Å². The molecule has 0 atom stereocenters. The molecule has 3 aromatic rings. The van der Waals surface area contributed by atoms with Gasteiger partial charge in [0.1, 0.15) is 5.69 Å². The summed E-state index contributed by atoms with van der Waals surface area (Å²) in [7, 11) is 0. The van der Waals surface area contributed by atoms with Gasteiger partial charge >= 0.3 is 12.0 Å². The van der Waals surface area contributed by atoms with Crippen molar-refractivity contribution in [2.24, 2.45) is 0 Å². The SMILES string of the molecule is C=CCNC(=O)NC(=O)COC(=O)c1cc(-c2ccco2)n(-c2cccc(Cl)c2)n1. The first kappa shape index (κ1) is 20.9. The van der Waals surface area contributed by atoms with Crippen LogP contribution in [0.15, 0.2) is 65.8 Å². The number of imide groups is 1. The van der Waals surface area contributed by atoms with E-state index in [1.165, 1.54) is 23.1 Å². The number of furan rings is 1. The topological polar surface area (TPSA) is 115 Å². The third kappa shape index (κ3) is 5.15. The molecule has 0 radical (unpaired) electrons. The first-order valence-electron chi connectivity index (χ1n) is 8.73. The predicted molar refractivity (Wildman–Crippen MR) is 108 cm³/mol. The Morgan fingerprint density at radius 2 is 2.07 bits per heavy atom. The molecule has 0 spiro atoms. The summed E-state index contributed by atoms with van der Waals surface area (Å²) >= 11 is 6.06. The number of nitrogens with one attached hydrogen (secondary N) is 2. The van der Waals surface area contributed by atoms with Crippen molar-refractivity contribution < 1.29 is 23.5 Å². The second-order valence-electron chi connectivity index (χ2n) is 5.91. The van der Waals surface area contributed by atoms with Crippen LogP contribution >= 0.6 is 11.6 Å². The van der Waals surface area contributed by atoms with Gasteiger partial charge in [0.25, 0.3) is 5.91 Å². The van der Waals surface area contributed by atoms with E-state index in [1.54, 1.807) is 36.4 Å². The number of urea groups is 1. The number of esters is 1. The molecule has 2 heterocycles. The fraction of sp³-hybridized carbons (Fsp3) is 0.100. The molecule has 154 valence electrons. The summed E-state index contributed by atoms with van der Waals surface area (Å²) in [6.07, 6.45) is 2.95. The van der Waals surface area contributed by atoms with Gasteiger partial charge in [0.2, 0.25) is 0 Å². The number of amides is 3. The Balaban J connectivity index is 1.75. The lowest BCUT2D eigenvalue weighted by molar-refractivity contribution is -0.123. The molecular weight excluding hydrogens is 412 g/mol. The number of halogens is 1. The van der Waals surface area contributed by atoms with Crippen LogP contribution in [0.25, 0.3) is 17.1 Å². The van der Waals surface area contributed by atoms with Gasteiger partial charge in [-0.2, -0.15) is 5.10 Å². The van der Waals surface area contributed by atoms with Crippen LogP contribution in [-0.2, 0) is 9.53 Å². The lowest BCUT2D eigenvalue weighted by Crippen LogP contribution is -2.41. The Morgan fingerprint density at radius 1 is 1.23 bits per heavy atom. The van der Waals surface area contributed by atoms with E-state index in [0.29, 0.717) is 22.2 Å². The zero-order valence-corrected chi connectivity index (χ0v) is 16.4. The second-order valence-corrected chi connectivity index (χ2v) is 6.34. The van der Waals surface area contributed by atoms with E-state index in [4.69, 9.17) is 20.8 Å². The van der Waals surface area contributed by atoms with Crippen molar-refractivity contribution >= 4 is 29.5 Å². The van der Waals surface area contributed by atoms with Crippen LogP contribution in [-0.4, -0.2) is 40.8 Å². The molecule has 0 fully saturated rings. The molecule has 0 saturated heterocycles. The van der Waals surface area contributed by atoms with E-state index >= 15 is 0 Å². The number of rotatable bonds is 7. The third-order valence-electron chi connectivity index (χ3n) is 3.74. The monoisotopic (exact) mass is 428 g/mol. The van der Waals surface area contributed by atoms with Crippen LogP contribution in [0, 0.1) is 0 Å². The van der Waals surface area contributed by atoms with E-state index in [0.717, 1.165) is 0 Å². The number of nitrogens with zero attached hydrogens (tertiary/aromatic N) is 2. The fourth-order valence-electron chi connectivity index (χ4n) is 2.46. The number of aromatic nitrogens is 2. The standard InChI is InChI=1S/C20H17ClN4O5/c1-2-8-22-20(28)23-18(26)12-30-19(27)15-11-16(17-7-4-9-29-17)25(24-15)14-6-3-5-13(21)10-14/h2-7,9-11H,1,8,12H2,(H2,22,23,26,28). The molecule has 2 aromatic heterocycles. The van der Waals surface area contributed by atoms with Crippen molar-refractivity contribution in [1.29, 1.82) is 0 Å². The molecule has 0 saturated carbocycles. The minimum Gasteiger partial charge on any atom is -0.463 e. The summed E-state index contributed by atoms with van der Waals surface area (Å²) in [5, 5.41) is 9.14. The van der Waals surface area contributed by atoms with E-state index in [-0.39, 0.29) is 12.2 Å². The van der Waals surface area contributed by atoms with Gasteiger partial charge in [-0.1, -0.05) is 23.7 Å². The highest BCUT2D eigenvalue weighted by molar-refractivity contribution is 6.30. The van der Waals surface area contributed by atoms with Crippen molar-refractivity contribution in [2.75, 3.05) is 13.2 Å². The molecule has 0 aliphatic rings. The number of hydrogen-bond acceptors (Lipinski definition) is 6. The van der Waals surface area contributed by atoms with Gasteiger partial charge in [-0.25, -0.2) is 14.3 Å². The molecule has 30 heavy (non-hydrogen) atoms. The molecule has 0 aliphatic heterocycles. The third-order valence-corrected chi connectivity index (χ3v) is 3.97. The largest absolute Gasteiger partial charge is 0.463 e. The number of carbonyl (C=O) groups is 3. The quantitative estimate of drug-likeness (QED) is 0.441. The maximum Gasteiger partial charge on any atom is 0.359 e. The molecule has 0 unspecified atom stereocenters. The van der Waals surface area contributed by atoms with Crippen molar-refractivity contribution in [3.8, 4) is 17.1 Å². The Morgan fingerprint density at radius 3 is 2.77 bits per heavy atom. The Labute approximate surface area is 176 Å². The maximum absolute atomic E-state index is 12.4. The molecule has 10 heteroatoms. The number of ether oxygens (including phenoxy) is 1. The fourth-order valence-corrected chi connectivity index (χ4v) is 2.65. The normalized spacial score (nSPS) is 10.3. The maximum atomic E-state index is 12.4. The minimum absolute atomic E-state index is 0.0507. The van der Waals surface area contributed by atoms with Crippen LogP contribution in [0.4, 0.5) is 4.79 Å². The van der Waals surface area contributed by atoms with Crippen LogP contribution in [0.2, 0.25) is 5.02 Å². The van der Waals surface area contributed by atoms with Crippen LogP contribution in [0.1, 0.15) is 10.5 Å². The summed E-state index contributed by atoms with van der Waals surface area (Å²) in [6, 6.07) is 11.0. The first-order valence-corrected chi connectivity index (χ1v) is 9.11. The Hall–Kier alpha value is -3.85. The molecule has 0 aliphatic carbocycles. The second kappa shape index (κ2) is 9.57. The zero-order chi connectivity index (χ0) is 21.5. The molecule has 3 amide bonds. The smallest absolute Gasteiger partial charge is 0.359 e. The Kier molecular flexibility index (Phi) is 6.66. The van der Waals surface area contributed by atoms with Crippen molar-refractivity contribution in [3.05, 3.63) is 72.1 Å². The van der Waals surface area contributed by atoms with E-state index in [9.17, 15) is 14.4 Å².